The maximum absolute atomic E-state index is 13.0. The number of ketones is 1. The average Bonchev–Trinajstić information content (AvgIpc) is 2.09. The van der Waals surface area contributed by atoms with Gasteiger partial charge >= 0.3 is 6.61 Å². The highest BCUT2D eigenvalue weighted by Gasteiger charge is 2.16. The number of rotatable bonds is 3. The van der Waals surface area contributed by atoms with E-state index in [1.54, 1.807) is 22.6 Å². The van der Waals surface area contributed by atoms with Gasteiger partial charge in [0, 0.05) is 9.64 Å². The fourth-order valence-electron chi connectivity index (χ4n) is 0.997. The minimum absolute atomic E-state index is 0.0545. The lowest BCUT2D eigenvalue weighted by atomic mass is 10.1. The summed E-state index contributed by atoms with van der Waals surface area (Å²) in [4.78, 5) is 11.1. The molecule has 0 aliphatic heterocycles. The van der Waals surface area contributed by atoms with Crippen molar-refractivity contribution in [3.05, 3.63) is 27.1 Å². The van der Waals surface area contributed by atoms with Crippen molar-refractivity contribution >= 4 is 28.4 Å². The molecule has 1 rings (SSSR count). The van der Waals surface area contributed by atoms with Crippen LogP contribution >= 0.6 is 22.6 Å². The predicted octanol–water partition coefficient (Wildman–Crippen LogP) is 3.23. The molecule has 0 aliphatic rings. The number of carbonyl (C=O) groups excluding carboxylic acids is 1. The molecule has 0 saturated carbocycles. The van der Waals surface area contributed by atoms with Crippen LogP contribution in [0.3, 0.4) is 0 Å². The third-order valence-corrected chi connectivity index (χ3v) is 2.44. The van der Waals surface area contributed by atoms with Crippen LogP contribution in [0.5, 0.6) is 5.75 Å². The van der Waals surface area contributed by atoms with Crippen LogP contribution in [-0.2, 0) is 0 Å². The molecule has 0 atom stereocenters. The van der Waals surface area contributed by atoms with Gasteiger partial charge in [-0.25, -0.2) is 4.39 Å². The number of hydrogen-bond acceptors (Lipinski definition) is 2. The standard InChI is InChI=1S/C9H6F3IO2/c1-4(14)5-2-7(13)6(10)3-8(5)15-9(11)12/h2-3,9H,1H3. The molecule has 6 heteroatoms. The monoisotopic (exact) mass is 330 g/mol. The lowest BCUT2D eigenvalue weighted by Crippen LogP contribution is -2.07. The van der Waals surface area contributed by atoms with E-state index in [1.807, 2.05) is 0 Å². The number of halogens is 4. The van der Waals surface area contributed by atoms with Crippen LogP contribution in [0.1, 0.15) is 17.3 Å². The van der Waals surface area contributed by atoms with Gasteiger partial charge < -0.3 is 4.74 Å². The van der Waals surface area contributed by atoms with Crippen molar-refractivity contribution in [3.63, 3.8) is 0 Å². The third-order valence-electron chi connectivity index (χ3n) is 1.62. The normalized spacial score (nSPS) is 10.5. The lowest BCUT2D eigenvalue weighted by molar-refractivity contribution is -0.0502. The smallest absolute Gasteiger partial charge is 0.387 e. The van der Waals surface area contributed by atoms with E-state index in [4.69, 9.17) is 0 Å². The molecule has 0 N–H and O–H groups in total. The Bertz CT molecular complexity index is 393. The van der Waals surface area contributed by atoms with Crippen LogP contribution in [0.25, 0.3) is 0 Å². The van der Waals surface area contributed by atoms with Crippen LogP contribution < -0.4 is 4.74 Å². The van der Waals surface area contributed by atoms with Crippen molar-refractivity contribution in [2.24, 2.45) is 0 Å². The van der Waals surface area contributed by atoms with Gasteiger partial charge in [0.2, 0.25) is 0 Å². The molecular weight excluding hydrogens is 324 g/mol. The van der Waals surface area contributed by atoms with E-state index in [0.29, 0.717) is 0 Å². The van der Waals surface area contributed by atoms with Crippen LogP contribution in [0.2, 0.25) is 0 Å². The topological polar surface area (TPSA) is 26.3 Å². The number of benzene rings is 1. The molecule has 2 nitrogen and oxygen atoms in total. The maximum atomic E-state index is 13.0. The summed E-state index contributed by atoms with van der Waals surface area (Å²) in [5, 5.41) is 0. The summed E-state index contributed by atoms with van der Waals surface area (Å²) in [7, 11) is 0. The molecule has 1 aromatic rings. The molecule has 0 saturated heterocycles. The first-order valence-electron chi connectivity index (χ1n) is 3.86. The van der Waals surface area contributed by atoms with Gasteiger partial charge in [-0.2, -0.15) is 8.78 Å². The zero-order chi connectivity index (χ0) is 11.6. The quantitative estimate of drug-likeness (QED) is 0.628. The second-order valence-electron chi connectivity index (χ2n) is 2.70. The first-order valence-corrected chi connectivity index (χ1v) is 4.94. The van der Waals surface area contributed by atoms with Crippen LogP contribution in [-0.4, -0.2) is 12.4 Å². The highest BCUT2D eigenvalue weighted by molar-refractivity contribution is 14.1. The van der Waals surface area contributed by atoms with E-state index in [9.17, 15) is 18.0 Å². The Labute approximate surface area is 97.6 Å². The van der Waals surface area contributed by atoms with Crippen LogP contribution in [0.15, 0.2) is 12.1 Å². The van der Waals surface area contributed by atoms with Gasteiger partial charge in [0.15, 0.2) is 5.78 Å². The van der Waals surface area contributed by atoms with E-state index in [0.717, 1.165) is 6.07 Å². The van der Waals surface area contributed by atoms with E-state index in [1.165, 1.54) is 13.0 Å². The van der Waals surface area contributed by atoms with Gasteiger partial charge in [0.1, 0.15) is 11.6 Å². The van der Waals surface area contributed by atoms with Gasteiger partial charge in [0.05, 0.1) is 5.56 Å². The van der Waals surface area contributed by atoms with Gasteiger partial charge in [-0.15, -0.1) is 0 Å². The van der Waals surface area contributed by atoms with Crippen molar-refractivity contribution in [2.45, 2.75) is 13.5 Å². The maximum Gasteiger partial charge on any atom is 0.387 e. The molecule has 0 spiro atoms. The van der Waals surface area contributed by atoms with Crippen molar-refractivity contribution in [2.75, 3.05) is 0 Å². The van der Waals surface area contributed by atoms with Crippen LogP contribution in [0.4, 0.5) is 13.2 Å². The Morgan fingerprint density at radius 2 is 2.07 bits per heavy atom. The van der Waals surface area contributed by atoms with E-state index in [2.05, 4.69) is 4.74 Å². The fourth-order valence-corrected chi connectivity index (χ4v) is 1.46. The zero-order valence-electron chi connectivity index (χ0n) is 7.56. The summed E-state index contributed by atoms with van der Waals surface area (Å²) in [6.45, 7) is -1.88. The number of ether oxygens (including phenoxy) is 1. The summed E-state index contributed by atoms with van der Waals surface area (Å²) >= 11 is 1.66. The number of alkyl halides is 2. The Morgan fingerprint density at radius 1 is 1.47 bits per heavy atom. The van der Waals surface area contributed by atoms with E-state index < -0.39 is 24.0 Å². The van der Waals surface area contributed by atoms with Gasteiger partial charge in [-0.05, 0) is 35.6 Å². The molecule has 0 bridgehead atoms. The first-order chi connectivity index (χ1) is 6.91. The zero-order valence-corrected chi connectivity index (χ0v) is 9.72. The van der Waals surface area contributed by atoms with Gasteiger partial charge in [0.25, 0.3) is 0 Å². The van der Waals surface area contributed by atoms with Crippen molar-refractivity contribution in [3.8, 4) is 5.75 Å². The Morgan fingerprint density at radius 3 is 2.53 bits per heavy atom. The Hall–Kier alpha value is -0.790. The lowest BCUT2D eigenvalue weighted by Gasteiger charge is -2.09. The molecular formula is C9H6F3IO2. The minimum atomic E-state index is -3.08. The third kappa shape index (κ3) is 3.08. The molecule has 82 valence electrons. The number of carbonyl (C=O) groups is 1. The fraction of sp³-hybridized carbons (Fsp3) is 0.222. The predicted molar refractivity (Wildman–Crippen MR) is 55.8 cm³/mol. The molecule has 0 aromatic heterocycles. The SMILES string of the molecule is CC(=O)c1cc(I)c(F)cc1OC(F)F. The average molecular weight is 330 g/mol. The second-order valence-corrected chi connectivity index (χ2v) is 3.86. The van der Waals surface area contributed by atoms with E-state index >= 15 is 0 Å². The Kier molecular flexibility index (Phi) is 3.95. The molecule has 0 fully saturated rings. The molecule has 0 unspecified atom stereocenters. The van der Waals surface area contributed by atoms with Gasteiger partial charge in [-0.3, -0.25) is 4.79 Å². The summed E-state index contributed by atoms with van der Waals surface area (Å²) in [6, 6.07) is 1.96. The highest BCUT2D eigenvalue weighted by Crippen LogP contribution is 2.26. The molecule has 0 aliphatic carbocycles. The summed E-state index contributed by atoms with van der Waals surface area (Å²) < 4.78 is 41.1. The van der Waals surface area contributed by atoms with Gasteiger partial charge in [-0.1, -0.05) is 0 Å². The first kappa shape index (κ1) is 12.3. The highest BCUT2D eigenvalue weighted by atomic mass is 127. The summed E-state index contributed by atoms with van der Waals surface area (Å²) in [5.74, 6) is -1.59. The number of Topliss-reactive ketones (excluding diaryl/α,β-unsaturated/α-hetero) is 1. The molecule has 15 heavy (non-hydrogen) atoms. The molecule has 0 amide bonds. The van der Waals surface area contributed by atoms with Crippen molar-refractivity contribution in [1.82, 2.24) is 0 Å². The summed E-state index contributed by atoms with van der Waals surface area (Å²) in [6.07, 6.45) is 0. The van der Waals surface area contributed by atoms with Crippen LogP contribution in [0, 0.1) is 9.39 Å². The van der Waals surface area contributed by atoms with Crippen molar-refractivity contribution in [1.29, 1.82) is 0 Å². The Balaban J connectivity index is 3.22. The number of hydrogen-bond donors (Lipinski definition) is 0. The van der Waals surface area contributed by atoms with E-state index in [-0.39, 0.29) is 9.13 Å². The molecule has 0 heterocycles. The minimum Gasteiger partial charge on any atom is -0.434 e. The molecule has 0 radical (unpaired) electrons. The largest absolute Gasteiger partial charge is 0.434 e. The second kappa shape index (κ2) is 4.82. The summed E-state index contributed by atoms with van der Waals surface area (Å²) in [5.41, 5.74) is -0.0545. The van der Waals surface area contributed by atoms with Crippen molar-refractivity contribution < 1.29 is 22.7 Å². The molecule has 1 aromatic carbocycles.